The van der Waals surface area contributed by atoms with Crippen molar-refractivity contribution in [2.45, 2.75) is 13.7 Å². The van der Waals surface area contributed by atoms with E-state index in [0.29, 0.717) is 16.1 Å². The first-order valence-electron chi connectivity index (χ1n) is 7.27. The van der Waals surface area contributed by atoms with Crippen LogP contribution in [0.2, 0.25) is 0 Å². The highest BCUT2D eigenvalue weighted by Gasteiger charge is 2.10. The number of imidazole rings is 1. The molecule has 24 heavy (non-hydrogen) atoms. The fraction of sp³-hybridized carbons (Fsp3) is 0.250. The average Bonchev–Trinajstić information content (AvgIpc) is 2.99. The van der Waals surface area contributed by atoms with Gasteiger partial charge in [-0.25, -0.2) is 9.97 Å². The predicted octanol–water partition coefficient (Wildman–Crippen LogP) is 3.43. The number of hydrogen-bond acceptors (Lipinski definition) is 7. The maximum Gasteiger partial charge on any atom is 0.302 e. The Bertz CT molecular complexity index is 906. The second-order valence-electron chi connectivity index (χ2n) is 4.94. The van der Waals surface area contributed by atoms with Crippen LogP contribution in [0.3, 0.4) is 0 Å². The molecule has 0 spiro atoms. The van der Waals surface area contributed by atoms with E-state index in [2.05, 4.69) is 9.97 Å². The lowest BCUT2D eigenvalue weighted by atomic mass is 10.2. The van der Waals surface area contributed by atoms with Crippen LogP contribution in [-0.2, 0) is 21.0 Å². The summed E-state index contributed by atoms with van der Waals surface area (Å²) in [7, 11) is 0. The normalized spacial score (nSPS) is 10.9. The fourth-order valence-corrected chi connectivity index (χ4v) is 3.44. The Morgan fingerprint density at radius 3 is 2.83 bits per heavy atom. The fourth-order valence-electron chi connectivity index (χ4n) is 2.13. The summed E-state index contributed by atoms with van der Waals surface area (Å²) < 4.78 is 12.8. The van der Waals surface area contributed by atoms with Crippen LogP contribution < -0.4 is 0 Å². The van der Waals surface area contributed by atoms with Gasteiger partial charge in [0.25, 0.3) is 0 Å². The van der Waals surface area contributed by atoms with Gasteiger partial charge in [-0.15, -0.1) is 11.3 Å². The van der Waals surface area contributed by atoms with Gasteiger partial charge in [0.05, 0.1) is 12.9 Å². The summed E-state index contributed by atoms with van der Waals surface area (Å²) in [6.07, 6.45) is 1.65. The zero-order valence-electron chi connectivity index (χ0n) is 13.0. The molecule has 1 aromatic carbocycles. The summed E-state index contributed by atoms with van der Waals surface area (Å²) in [4.78, 5) is 19.6. The van der Waals surface area contributed by atoms with Crippen molar-refractivity contribution < 1.29 is 14.3 Å². The molecule has 0 fully saturated rings. The number of hydrogen-bond donors (Lipinski definition) is 0. The third-order valence-electron chi connectivity index (χ3n) is 3.19. The Balaban J connectivity index is 1.78. The SMILES string of the molecule is CC(=O)OCCOCn1cnc2nc(-c3ccccc3)sc(=S)c21. The molecule has 0 aliphatic rings. The monoisotopic (exact) mass is 361 g/mol. The van der Waals surface area contributed by atoms with Gasteiger partial charge in [0, 0.05) is 12.5 Å². The molecule has 0 N–H and O–H groups in total. The van der Waals surface area contributed by atoms with E-state index in [1.807, 2.05) is 34.9 Å². The van der Waals surface area contributed by atoms with Crippen LogP contribution >= 0.6 is 23.6 Å². The van der Waals surface area contributed by atoms with Gasteiger partial charge in [-0.1, -0.05) is 42.5 Å². The molecular weight excluding hydrogens is 346 g/mol. The molecule has 124 valence electrons. The van der Waals surface area contributed by atoms with E-state index in [0.717, 1.165) is 16.1 Å². The third-order valence-corrected chi connectivity index (χ3v) is 4.54. The summed E-state index contributed by atoms with van der Waals surface area (Å²) in [6, 6.07) is 9.88. The highest BCUT2D eigenvalue weighted by molar-refractivity contribution is 7.74. The van der Waals surface area contributed by atoms with Crippen LogP contribution in [0.25, 0.3) is 21.7 Å². The number of carbonyl (C=O) groups is 1. The maximum atomic E-state index is 10.7. The van der Waals surface area contributed by atoms with Crippen molar-refractivity contribution in [3.8, 4) is 10.6 Å². The molecule has 0 radical (unpaired) electrons. The zero-order chi connectivity index (χ0) is 16.9. The van der Waals surface area contributed by atoms with Crippen LogP contribution in [-0.4, -0.2) is 33.7 Å². The summed E-state index contributed by atoms with van der Waals surface area (Å²) in [5, 5.41) is 0.842. The number of aromatic nitrogens is 3. The molecule has 0 aliphatic heterocycles. The Labute approximate surface area is 147 Å². The van der Waals surface area contributed by atoms with Crippen molar-refractivity contribution in [3.05, 3.63) is 40.5 Å². The zero-order valence-corrected chi connectivity index (χ0v) is 14.6. The summed E-state index contributed by atoms with van der Waals surface area (Å²) in [5.74, 6) is -0.320. The Hall–Kier alpha value is -2.16. The molecule has 3 rings (SSSR count). The molecular formula is C16H15N3O3S2. The van der Waals surface area contributed by atoms with Gasteiger partial charge in [0.1, 0.15) is 27.7 Å². The number of carbonyl (C=O) groups excluding carboxylic acids is 1. The number of nitrogens with zero attached hydrogens (tertiary/aromatic N) is 3. The van der Waals surface area contributed by atoms with Crippen LogP contribution in [0.1, 0.15) is 6.92 Å². The van der Waals surface area contributed by atoms with Crippen LogP contribution in [0.15, 0.2) is 36.7 Å². The van der Waals surface area contributed by atoms with Gasteiger partial charge >= 0.3 is 5.97 Å². The number of benzene rings is 1. The van der Waals surface area contributed by atoms with Crippen molar-refractivity contribution >= 4 is 40.7 Å². The van der Waals surface area contributed by atoms with Gasteiger partial charge in [0.2, 0.25) is 0 Å². The predicted molar refractivity (Wildman–Crippen MR) is 94.3 cm³/mol. The van der Waals surface area contributed by atoms with Crippen LogP contribution in [0.4, 0.5) is 0 Å². The molecule has 8 heteroatoms. The number of esters is 1. The van der Waals surface area contributed by atoms with Gasteiger partial charge in [-0.2, -0.15) is 0 Å². The van der Waals surface area contributed by atoms with Crippen molar-refractivity contribution in [1.29, 1.82) is 0 Å². The van der Waals surface area contributed by atoms with Gasteiger partial charge in [-0.3, -0.25) is 4.79 Å². The van der Waals surface area contributed by atoms with E-state index < -0.39 is 0 Å². The minimum atomic E-state index is -0.320. The second-order valence-corrected chi connectivity index (χ2v) is 6.60. The number of ether oxygens (including phenoxy) is 2. The molecule has 0 saturated carbocycles. The van der Waals surface area contributed by atoms with E-state index >= 15 is 0 Å². The van der Waals surface area contributed by atoms with Crippen molar-refractivity contribution in [1.82, 2.24) is 14.5 Å². The lowest BCUT2D eigenvalue weighted by molar-refractivity contribution is -0.142. The van der Waals surface area contributed by atoms with Crippen LogP contribution in [0.5, 0.6) is 0 Å². The van der Waals surface area contributed by atoms with Crippen molar-refractivity contribution in [2.24, 2.45) is 0 Å². The van der Waals surface area contributed by atoms with Gasteiger partial charge in [0.15, 0.2) is 5.65 Å². The Morgan fingerprint density at radius 1 is 1.29 bits per heavy atom. The third kappa shape index (κ3) is 3.84. The number of rotatable bonds is 6. The number of fused-ring (bicyclic) bond motifs is 1. The highest BCUT2D eigenvalue weighted by atomic mass is 32.1. The Morgan fingerprint density at radius 2 is 2.08 bits per heavy atom. The summed E-state index contributed by atoms with van der Waals surface area (Å²) >= 11 is 6.96. The lowest BCUT2D eigenvalue weighted by Gasteiger charge is -2.06. The molecule has 6 nitrogen and oxygen atoms in total. The molecule has 2 heterocycles. The molecule has 0 amide bonds. The molecule has 2 aromatic heterocycles. The molecule has 0 atom stereocenters. The first-order chi connectivity index (χ1) is 11.6. The van der Waals surface area contributed by atoms with Gasteiger partial charge < -0.3 is 14.0 Å². The lowest BCUT2D eigenvalue weighted by Crippen LogP contribution is -2.09. The van der Waals surface area contributed by atoms with E-state index in [-0.39, 0.29) is 19.3 Å². The molecule has 0 saturated heterocycles. The topological polar surface area (TPSA) is 66.2 Å². The minimum absolute atomic E-state index is 0.224. The van der Waals surface area contributed by atoms with Gasteiger partial charge in [-0.05, 0) is 0 Å². The molecule has 3 aromatic rings. The van der Waals surface area contributed by atoms with E-state index in [9.17, 15) is 4.79 Å². The van der Waals surface area contributed by atoms with Crippen molar-refractivity contribution in [3.63, 3.8) is 0 Å². The highest BCUT2D eigenvalue weighted by Crippen LogP contribution is 2.26. The smallest absolute Gasteiger partial charge is 0.302 e. The quantitative estimate of drug-likeness (QED) is 0.381. The van der Waals surface area contributed by atoms with Crippen molar-refractivity contribution in [2.75, 3.05) is 13.2 Å². The minimum Gasteiger partial charge on any atom is -0.463 e. The second kappa shape index (κ2) is 7.61. The van der Waals surface area contributed by atoms with E-state index in [1.54, 1.807) is 6.33 Å². The average molecular weight is 361 g/mol. The maximum absolute atomic E-state index is 10.7. The van der Waals surface area contributed by atoms with Crippen LogP contribution in [0, 0.1) is 3.82 Å². The Kier molecular flexibility index (Phi) is 5.29. The molecule has 0 unspecified atom stereocenters. The standard InChI is InChI=1S/C16H15N3O3S2/c1-11(20)22-8-7-21-10-19-9-17-14-13(19)16(23)24-15(18-14)12-5-3-2-4-6-12/h2-6,9H,7-8,10H2,1H3. The summed E-state index contributed by atoms with van der Waals surface area (Å²) in [6.45, 7) is 2.18. The first-order valence-corrected chi connectivity index (χ1v) is 8.50. The van der Waals surface area contributed by atoms with E-state index in [4.69, 9.17) is 21.7 Å². The molecule has 0 aliphatic carbocycles. The summed E-state index contributed by atoms with van der Waals surface area (Å²) in [5.41, 5.74) is 2.39. The van der Waals surface area contributed by atoms with E-state index in [1.165, 1.54) is 18.3 Å². The largest absolute Gasteiger partial charge is 0.463 e. The first kappa shape index (κ1) is 16.7. The molecule has 0 bridgehead atoms.